The molecular weight excluding hydrogens is 779 g/mol. The van der Waals surface area contributed by atoms with Gasteiger partial charge in [0.2, 0.25) is 5.91 Å². The van der Waals surface area contributed by atoms with Crippen LogP contribution in [0.2, 0.25) is 0 Å². The number of esters is 1. The maximum atomic E-state index is 13.2. The van der Waals surface area contributed by atoms with Gasteiger partial charge >= 0.3 is 5.97 Å². The number of amides is 1. The topological polar surface area (TPSA) is 95.9 Å². The molecule has 368 valence electrons. The predicted molar refractivity (Wildman–Crippen MR) is 273 cm³/mol. The van der Waals surface area contributed by atoms with Gasteiger partial charge in [0.25, 0.3) is 0 Å². The Morgan fingerprint density at radius 3 is 1.24 bits per heavy atom. The minimum Gasteiger partial charge on any atom is -0.462 e. The highest BCUT2D eigenvalue weighted by atomic mass is 16.5. The van der Waals surface area contributed by atoms with E-state index < -0.39 is 18.2 Å². The summed E-state index contributed by atoms with van der Waals surface area (Å²) in [6.07, 6.45) is 61.7. The first-order valence-electron chi connectivity index (χ1n) is 27.4. The van der Waals surface area contributed by atoms with Gasteiger partial charge in [-0.3, -0.25) is 9.59 Å². The lowest BCUT2D eigenvalue weighted by Gasteiger charge is -2.24. The van der Waals surface area contributed by atoms with Crippen LogP contribution in [0, 0.1) is 0 Å². The Kier molecular flexibility index (Phi) is 49.1. The molecular formula is C57H105NO5. The second kappa shape index (κ2) is 50.8. The van der Waals surface area contributed by atoms with E-state index in [1.54, 1.807) is 0 Å². The van der Waals surface area contributed by atoms with Crippen molar-refractivity contribution in [2.75, 3.05) is 6.61 Å². The molecule has 6 heteroatoms. The molecule has 6 nitrogen and oxygen atoms in total. The lowest BCUT2D eigenvalue weighted by molar-refractivity contribution is -0.151. The average Bonchev–Trinajstić information content (AvgIpc) is 3.28. The van der Waals surface area contributed by atoms with Crippen molar-refractivity contribution in [1.29, 1.82) is 0 Å². The first-order valence-corrected chi connectivity index (χ1v) is 27.4. The maximum Gasteiger partial charge on any atom is 0.306 e. The Labute approximate surface area is 391 Å². The van der Waals surface area contributed by atoms with Crippen molar-refractivity contribution >= 4 is 11.9 Å². The minimum atomic E-state index is -0.792. The number of allylic oxidation sites excluding steroid dienone is 8. The van der Waals surface area contributed by atoms with Crippen LogP contribution in [-0.4, -0.2) is 46.9 Å². The second-order valence-electron chi connectivity index (χ2n) is 18.6. The van der Waals surface area contributed by atoms with E-state index in [0.717, 1.165) is 77.0 Å². The molecule has 0 aromatic carbocycles. The van der Waals surface area contributed by atoms with Crippen LogP contribution in [-0.2, 0) is 14.3 Å². The second-order valence-corrected chi connectivity index (χ2v) is 18.6. The lowest BCUT2D eigenvalue weighted by atomic mass is 10.0. The van der Waals surface area contributed by atoms with Gasteiger partial charge in [0.1, 0.15) is 6.10 Å². The fourth-order valence-corrected chi connectivity index (χ4v) is 8.24. The highest BCUT2D eigenvalue weighted by Gasteiger charge is 2.24. The Morgan fingerprint density at radius 1 is 0.460 bits per heavy atom. The normalized spacial score (nSPS) is 13.5. The SMILES string of the molecule is CCCCC/C=C\C/C=C\C/C=C\C/C=C\CCCCCC(=O)OC(CCCCCCCCCCCCC)CC(=O)NC(CO)C(O)CCCCCCCCCCCCCCCC. The van der Waals surface area contributed by atoms with Crippen LogP contribution in [0.4, 0.5) is 0 Å². The highest BCUT2D eigenvalue weighted by molar-refractivity contribution is 5.77. The van der Waals surface area contributed by atoms with Crippen LogP contribution in [0.1, 0.15) is 278 Å². The molecule has 1 amide bonds. The molecule has 0 bridgehead atoms. The molecule has 0 saturated carbocycles. The maximum absolute atomic E-state index is 13.2. The van der Waals surface area contributed by atoms with Gasteiger partial charge in [0, 0.05) is 6.42 Å². The summed E-state index contributed by atoms with van der Waals surface area (Å²) in [6, 6.07) is -0.706. The van der Waals surface area contributed by atoms with E-state index >= 15 is 0 Å². The average molecular weight is 884 g/mol. The lowest BCUT2D eigenvalue weighted by Crippen LogP contribution is -2.46. The number of ether oxygens (including phenoxy) is 1. The fourth-order valence-electron chi connectivity index (χ4n) is 8.24. The van der Waals surface area contributed by atoms with E-state index in [0.29, 0.717) is 19.3 Å². The Balaban J connectivity index is 4.54. The number of hydrogen-bond donors (Lipinski definition) is 3. The standard InChI is InChI=1S/C57H105NO5/c1-4-7-10-13-16-19-22-24-26-27-28-29-30-32-35-38-41-44-47-50-57(62)63-53(48-45-42-39-36-33-21-18-15-12-9-6-3)51-56(61)58-54(52-59)55(60)49-46-43-40-37-34-31-25-23-20-17-14-11-8-5-2/h16,19,24,26,28-29,32,35,53-55,59-60H,4-15,17-18,20-23,25,27,30-31,33-34,36-52H2,1-3H3,(H,58,61)/b19-16-,26-24-,29-28-,35-32-. The molecule has 0 aromatic rings. The van der Waals surface area contributed by atoms with Gasteiger partial charge < -0.3 is 20.3 Å². The van der Waals surface area contributed by atoms with Gasteiger partial charge in [-0.05, 0) is 70.6 Å². The van der Waals surface area contributed by atoms with Gasteiger partial charge in [0.15, 0.2) is 0 Å². The quantitative estimate of drug-likeness (QED) is 0.0321. The zero-order chi connectivity index (χ0) is 45.9. The largest absolute Gasteiger partial charge is 0.462 e. The molecule has 0 aliphatic heterocycles. The summed E-state index contributed by atoms with van der Waals surface area (Å²) in [5.74, 6) is -0.501. The van der Waals surface area contributed by atoms with Crippen molar-refractivity contribution in [2.45, 2.75) is 296 Å². The summed E-state index contributed by atoms with van der Waals surface area (Å²) in [6.45, 7) is 6.46. The molecule has 0 aliphatic rings. The third-order valence-corrected chi connectivity index (χ3v) is 12.4. The van der Waals surface area contributed by atoms with Crippen LogP contribution in [0.3, 0.4) is 0 Å². The predicted octanol–water partition coefficient (Wildman–Crippen LogP) is 16.6. The molecule has 63 heavy (non-hydrogen) atoms. The summed E-state index contributed by atoms with van der Waals surface area (Å²) < 4.78 is 5.93. The van der Waals surface area contributed by atoms with Crippen molar-refractivity contribution < 1.29 is 24.5 Å². The van der Waals surface area contributed by atoms with E-state index in [9.17, 15) is 19.8 Å². The number of aliphatic hydroxyl groups is 2. The monoisotopic (exact) mass is 884 g/mol. The van der Waals surface area contributed by atoms with Crippen molar-refractivity contribution in [1.82, 2.24) is 5.32 Å². The smallest absolute Gasteiger partial charge is 0.306 e. The molecule has 0 fully saturated rings. The van der Waals surface area contributed by atoms with Gasteiger partial charge in [-0.2, -0.15) is 0 Å². The van der Waals surface area contributed by atoms with Crippen molar-refractivity contribution in [3.63, 3.8) is 0 Å². The molecule has 0 heterocycles. The van der Waals surface area contributed by atoms with Crippen LogP contribution in [0.25, 0.3) is 0 Å². The number of rotatable bonds is 49. The molecule has 0 aliphatic carbocycles. The Bertz CT molecular complexity index is 1080. The van der Waals surface area contributed by atoms with Crippen molar-refractivity contribution in [3.05, 3.63) is 48.6 Å². The Morgan fingerprint density at radius 2 is 0.810 bits per heavy atom. The third-order valence-electron chi connectivity index (χ3n) is 12.4. The summed E-state index contributed by atoms with van der Waals surface area (Å²) in [7, 11) is 0. The van der Waals surface area contributed by atoms with Gasteiger partial charge in [-0.15, -0.1) is 0 Å². The van der Waals surface area contributed by atoms with Gasteiger partial charge in [0.05, 0.1) is 25.2 Å². The molecule has 3 unspecified atom stereocenters. The van der Waals surface area contributed by atoms with E-state index in [-0.39, 0.29) is 24.9 Å². The molecule has 0 rings (SSSR count). The van der Waals surface area contributed by atoms with Crippen LogP contribution in [0.5, 0.6) is 0 Å². The molecule has 0 spiro atoms. The van der Waals surface area contributed by atoms with Gasteiger partial charge in [-0.1, -0.05) is 243 Å². The van der Waals surface area contributed by atoms with E-state index in [2.05, 4.69) is 74.7 Å². The number of carbonyl (C=O) groups is 2. The molecule has 3 atom stereocenters. The number of nitrogens with one attached hydrogen (secondary N) is 1. The minimum absolute atomic E-state index is 0.0671. The van der Waals surface area contributed by atoms with E-state index in [1.807, 2.05) is 0 Å². The number of hydrogen-bond acceptors (Lipinski definition) is 5. The number of unbranched alkanes of at least 4 members (excludes halogenated alkanes) is 29. The summed E-state index contributed by atoms with van der Waals surface area (Å²) in [5.41, 5.74) is 0. The van der Waals surface area contributed by atoms with Crippen molar-refractivity contribution in [3.8, 4) is 0 Å². The van der Waals surface area contributed by atoms with Crippen LogP contribution in [0.15, 0.2) is 48.6 Å². The van der Waals surface area contributed by atoms with E-state index in [4.69, 9.17) is 4.74 Å². The molecule has 0 aromatic heterocycles. The van der Waals surface area contributed by atoms with Crippen LogP contribution >= 0.6 is 0 Å². The molecule has 0 radical (unpaired) electrons. The molecule has 0 saturated heterocycles. The Hall–Kier alpha value is -2.18. The first-order chi connectivity index (χ1) is 31.0. The number of aliphatic hydroxyl groups excluding tert-OH is 2. The number of carbonyl (C=O) groups excluding carboxylic acids is 2. The zero-order valence-corrected chi connectivity index (χ0v) is 42.0. The van der Waals surface area contributed by atoms with Gasteiger partial charge in [-0.25, -0.2) is 0 Å². The summed E-state index contributed by atoms with van der Waals surface area (Å²) >= 11 is 0. The fraction of sp³-hybridized carbons (Fsp3) is 0.825. The third kappa shape index (κ3) is 46.2. The summed E-state index contributed by atoms with van der Waals surface area (Å²) in [4.78, 5) is 26.2. The zero-order valence-electron chi connectivity index (χ0n) is 42.0. The summed E-state index contributed by atoms with van der Waals surface area (Å²) in [5, 5.41) is 23.8. The molecule has 3 N–H and O–H groups in total. The van der Waals surface area contributed by atoms with Crippen LogP contribution < -0.4 is 5.32 Å². The first kappa shape index (κ1) is 60.8. The van der Waals surface area contributed by atoms with Crippen molar-refractivity contribution in [2.24, 2.45) is 0 Å². The highest BCUT2D eigenvalue weighted by Crippen LogP contribution is 2.18. The van der Waals surface area contributed by atoms with E-state index in [1.165, 1.54) is 154 Å².